The van der Waals surface area contributed by atoms with Gasteiger partial charge in [-0.25, -0.2) is 4.98 Å². The number of aromatic nitrogens is 1. The third-order valence-corrected chi connectivity index (χ3v) is 2.53. The first-order valence-corrected chi connectivity index (χ1v) is 5.56. The number of nitro groups is 1. The Hall–Kier alpha value is -2.54. The lowest BCUT2D eigenvalue weighted by atomic mass is 10.1. The van der Waals surface area contributed by atoms with E-state index in [0.717, 1.165) is 0 Å². The van der Waals surface area contributed by atoms with Crippen molar-refractivity contribution >= 4 is 22.5 Å². The second-order valence-corrected chi connectivity index (χ2v) is 3.78. The van der Waals surface area contributed by atoms with Crippen LogP contribution in [0, 0.1) is 10.1 Å². The van der Waals surface area contributed by atoms with Gasteiger partial charge in [0.2, 0.25) is 0 Å². The maximum Gasteiger partial charge on any atom is 0.295 e. The van der Waals surface area contributed by atoms with Gasteiger partial charge in [-0.05, 0) is 6.07 Å². The highest BCUT2D eigenvalue weighted by Gasteiger charge is 2.15. The van der Waals surface area contributed by atoms with Crippen LogP contribution in [0.3, 0.4) is 0 Å². The first kappa shape index (κ1) is 12.9. The normalized spacial score (nSPS) is 10.4. The molecule has 0 radical (unpaired) electrons. The number of pyridine rings is 1. The molecule has 1 aromatic heterocycles. The summed E-state index contributed by atoms with van der Waals surface area (Å²) in [7, 11) is 0. The van der Waals surface area contributed by atoms with Gasteiger partial charge in [-0.1, -0.05) is 18.2 Å². The summed E-state index contributed by atoms with van der Waals surface area (Å²) in [5.41, 5.74) is 0.105. The van der Waals surface area contributed by atoms with Crippen molar-refractivity contribution in [3.8, 4) is 0 Å². The van der Waals surface area contributed by atoms with Gasteiger partial charge in [-0.15, -0.1) is 0 Å². The lowest BCUT2D eigenvalue weighted by molar-refractivity contribution is -0.383. The van der Waals surface area contributed by atoms with Crippen molar-refractivity contribution in [1.82, 2.24) is 10.3 Å². The van der Waals surface area contributed by atoms with E-state index in [1.54, 1.807) is 18.2 Å². The first-order valence-electron chi connectivity index (χ1n) is 5.56. The van der Waals surface area contributed by atoms with Gasteiger partial charge in [0.15, 0.2) is 0 Å². The number of nitrogens with zero attached hydrogens (tertiary/aromatic N) is 2. The number of aliphatic hydroxyl groups excluding tert-OH is 1. The summed E-state index contributed by atoms with van der Waals surface area (Å²) in [5, 5.41) is 22.6. The Morgan fingerprint density at radius 3 is 2.84 bits per heavy atom. The average Bonchev–Trinajstić information content (AvgIpc) is 2.43. The molecule has 0 atom stereocenters. The maximum atomic E-state index is 11.7. The van der Waals surface area contributed by atoms with E-state index in [9.17, 15) is 14.9 Å². The molecule has 98 valence electrons. The van der Waals surface area contributed by atoms with E-state index in [1.807, 2.05) is 0 Å². The Balaban J connectivity index is 2.46. The SMILES string of the molecule is O=C(NCCO)c1ccc2cccc([N+](=O)[O-])c2n1. The fourth-order valence-electron chi connectivity index (χ4n) is 1.67. The molecule has 7 heteroatoms. The zero-order valence-electron chi connectivity index (χ0n) is 9.87. The van der Waals surface area contributed by atoms with Crippen LogP contribution in [0.15, 0.2) is 30.3 Å². The van der Waals surface area contributed by atoms with Gasteiger partial charge in [0.05, 0.1) is 11.5 Å². The molecule has 7 nitrogen and oxygen atoms in total. The van der Waals surface area contributed by atoms with Gasteiger partial charge in [-0.3, -0.25) is 14.9 Å². The largest absolute Gasteiger partial charge is 0.395 e. The van der Waals surface area contributed by atoms with Crippen molar-refractivity contribution < 1.29 is 14.8 Å². The molecule has 0 aliphatic heterocycles. The Bertz CT molecular complexity index is 642. The maximum absolute atomic E-state index is 11.7. The highest BCUT2D eigenvalue weighted by atomic mass is 16.6. The number of amides is 1. The van der Waals surface area contributed by atoms with Crippen molar-refractivity contribution in [1.29, 1.82) is 0 Å². The van der Waals surface area contributed by atoms with Gasteiger partial charge in [-0.2, -0.15) is 0 Å². The molecule has 0 saturated heterocycles. The van der Waals surface area contributed by atoms with Gasteiger partial charge in [0, 0.05) is 18.0 Å². The standard InChI is InChI=1S/C12H11N3O4/c16-7-6-13-12(17)9-5-4-8-2-1-3-10(15(18)19)11(8)14-9/h1-5,16H,6-7H2,(H,13,17). The number of benzene rings is 1. The van der Waals surface area contributed by atoms with Crippen LogP contribution in [0.2, 0.25) is 0 Å². The number of non-ortho nitro benzene ring substituents is 1. The number of carbonyl (C=O) groups excluding carboxylic acids is 1. The smallest absolute Gasteiger partial charge is 0.295 e. The third kappa shape index (κ3) is 2.66. The number of fused-ring (bicyclic) bond motifs is 1. The summed E-state index contributed by atoms with van der Waals surface area (Å²) in [6, 6.07) is 7.67. The van der Waals surface area contributed by atoms with Gasteiger partial charge >= 0.3 is 0 Å². The summed E-state index contributed by atoms with van der Waals surface area (Å²) in [6.45, 7) is -0.0745. The van der Waals surface area contributed by atoms with Crippen LogP contribution >= 0.6 is 0 Å². The van der Waals surface area contributed by atoms with Crippen LogP contribution in [-0.2, 0) is 0 Å². The lowest BCUT2D eigenvalue weighted by Gasteiger charge is -2.04. The molecule has 2 aromatic rings. The van der Waals surface area contributed by atoms with Crippen molar-refractivity contribution in [2.45, 2.75) is 0 Å². The molecule has 19 heavy (non-hydrogen) atoms. The number of hydrogen-bond donors (Lipinski definition) is 2. The molecule has 0 aliphatic rings. The zero-order chi connectivity index (χ0) is 13.8. The molecule has 0 spiro atoms. The number of rotatable bonds is 4. The van der Waals surface area contributed by atoms with E-state index in [2.05, 4.69) is 10.3 Å². The molecule has 2 N–H and O–H groups in total. The van der Waals surface area contributed by atoms with Crippen molar-refractivity contribution in [3.05, 3.63) is 46.1 Å². The Labute approximate surface area is 108 Å². The second-order valence-electron chi connectivity index (χ2n) is 3.78. The number of nitrogens with one attached hydrogen (secondary N) is 1. The monoisotopic (exact) mass is 261 g/mol. The molecule has 0 unspecified atom stereocenters. The molecule has 0 aliphatic carbocycles. The third-order valence-electron chi connectivity index (χ3n) is 2.53. The van der Waals surface area contributed by atoms with Crippen LogP contribution in [0.5, 0.6) is 0 Å². The molecule has 1 amide bonds. The molecular formula is C12H11N3O4. The number of nitro benzene ring substituents is 1. The van der Waals surface area contributed by atoms with Crippen LogP contribution in [-0.4, -0.2) is 34.1 Å². The highest BCUT2D eigenvalue weighted by Crippen LogP contribution is 2.23. The topological polar surface area (TPSA) is 105 Å². The lowest BCUT2D eigenvalue weighted by Crippen LogP contribution is -2.27. The van der Waals surface area contributed by atoms with Crippen molar-refractivity contribution in [2.75, 3.05) is 13.2 Å². The Morgan fingerprint density at radius 1 is 1.37 bits per heavy atom. The number of aliphatic hydroxyl groups is 1. The first-order chi connectivity index (χ1) is 9.13. The summed E-state index contributed by atoms with van der Waals surface area (Å²) < 4.78 is 0. The minimum absolute atomic E-state index is 0.0789. The second kappa shape index (κ2) is 5.40. The minimum Gasteiger partial charge on any atom is -0.395 e. The highest BCUT2D eigenvalue weighted by molar-refractivity contribution is 5.96. The molecule has 1 aromatic carbocycles. The summed E-state index contributed by atoms with van der Waals surface area (Å²) >= 11 is 0. The summed E-state index contributed by atoms with van der Waals surface area (Å²) in [6.07, 6.45) is 0. The van der Waals surface area contributed by atoms with Crippen LogP contribution in [0.4, 0.5) is 5.69 Å². The van der Waals surface area contributed by atoms with E-state index in [-0.39, 0.29) is 30.0 Å². The predicted molar refractivity (Wildman–Crippen MR) is 67.8 cm³/mol. The molecule has 0 bridgehead atoms. The molecule has 1 heterocycles. The van der Waals surface area contributed by atoms with Gasteiger partial charge in [0.1, 0.15) is 11.2 Å². The van der Waals surface area contributed by atoms with Crippen molar-refractivity contribution in [2.24, 2.45) is 0 Å². The Kier molecular flexibility index (Phi) is 3.67. The predicted octanol–water partition coefficient (Wildman–Crippen LogP) is 0.865. The van der Waals surface area contributed by atoms with E-state index >= 15 is 0 Å². The molecule has 0 saturated carbocycles. The molecule has 2 rings (SSSR count). The van der Waals surface area contributed by atoms with Gasteiger partial charge < -0.3 is 10.4 Å². The quantitative estimate of drug-likeness (QED) is 0.627. The van der Waals surface area contributed by atoms with E-state index in [4.69, 9.17) is 5.11 Å². The average molecular weight is 261 g/mol. The number of carbonyl (C=O) groups is 1. The fourth-order valence-corrected chi connectivity index (χ4v) is 1.67. The summed E-state index contributed by atoms with van der Waals surface area (Å²) in [4.78, 5) is 26.1. The molecule has 0 fully saturated rings. The van der Waals surface area contributed by atoms with Crippen LogP contribution in [0.1, 0.15) is 10.5 Å². The zero-order valence-corrected chi connectivity index (χ0v) is 9.87. The number of para-hydroxylation sites is 1. The van der Waals surface area contributed by atoms with Gasteiger partial charge in [0.25, 0.3) is 11.6 Å². The summed E-state index contributed by atoms with van der Waals surface area (Å²) in [5.74, 6) is -0.478. The minimum atomic E-state index is -0.537. The fraction of sp³-hybridized carbons (Fsp3) is 0.167. The van der Waals surface area contributed by atoms with Crippen LogP contribution in [0.25, 0.3) is 10.9 Å². The van der Waals surface area contributed by atoms with Crippen LogP contribution < -0.4 is 5.32 Å². The van der Waals surface area contributed by atoms with E-state index in [0.29, 0.717) is 5.39 Å². The Morgan fingerprint density at radius 2 is 2.16 bits per heavy atom. The van der Waals surface area contributed by atoms with Crippen molar-refractivity contribution in [3.63, 3.8) is 0 Å². The molecular weight excluding hydrogens is 250 g/mol. The number of hydrogen-bond acceptors (Lipinski definition) is 5. The van der Waals surface area contributed by atoms with E-state index in [1.165, 1.54) is 12.1 Å². The van der Waals surface area contributed by atoms with E-state index < -0.39 is 10.8 Å².